The Balaban J connectivity index is 4.04. The Labute approximate surface area is 154 Å². The molecular weight excluding hydrogens is 344 g/mol. The summed E-state index contributed by atoms with van der Waals surface area (Å²) in [5, 5.41) is 11.6. The lowest BCUT2D eigenvalue weighted by Gasteiger charge is -2.22. The number of nitrogens with one attached hydrogen (secondary N) is 1. The van der Waals surface area contributed by atoms with E-state index in [4.69, 9.17) is 4.74 Å². The van der Waals surface area contributed by atoms with Crippen LogP contribution < -0.4 is 5.32 Å². The number of carbonyl (C=O) groups is 3. The number of alkyl carbamates (subject to hydrolysis) is 1. The summed E-state index contributed by atoms with van der Waals surface area (Å²) in [6.45, 7) is 10.5. The van der Waals surface area contributed by atoms with Crippen LogP contribution in [-0.2, 0) is 14.3 Å². The lowest BCUT2D eigenvalue weighted by atomic mass is 10.2. The number of hydrogen-bond donors (Lipinski definition) is 2. The Hall–Kier alpha value is -1.44. The number of hydrogen-bond acceptors (Lipinski definition) is 5. The summed E-state index contributed by atoms with van der Waals surface area (Å²) in [5.74, 6) is 0.446. The van der Waals surface area contributed by atoms with Crippen molar-refractivity contribution in [1.29, 1.82) is 0 Å². The van der Waals surface area contributed by atoms with Crippen molar-refractivity contribution in [3.8, 4) is 0 Å². The molecule has 1 unspecified atom stereocenters. The third-order valence-corrected chi connectivity index (χ3v) is 4.44. The molecule has 1 atom stereocenters. The number of nitrogens with zero attached hydrogens (tertiary/aromatic N) is 1. The maximum absolute atomic E-state index is 11.8. The number of carbonyl (C=O) groups excluding carboxylic acids is 2. The highest BCUT2D eigenvalue weighted by Crippen LogP contribution is 2.11. The highest BCUT2D eigenvalue weighted by molar-refractivity contribution is 7.99. The van der Waals surface area contributed by atoms with Gasteiger partial charge in [-0.2, -0.15) is 11.8 Å². The summed E-state index contributed by atoms with van der Waals surface area (Å²) in [7, 11) is 0. The van der Waals surface area contributed by atoms with Crippen molar-refractivity contribution in [3.63, 3.8) is 0 Å². The number of aliphatic carboxylic acids is 1. The largest absolute Gasteiger partial charge is 0.480 e. The number of thioether (sulfide) groups is 1. The summed E-state index contributed by atoms with van der Waals surface area (Å²) in [6, 6.07) is -0.973. The quantitative estimate of drug-likeness (QED) is 0.538. The average molecular weight is 377 g/mol. The first kappa shape index (κ1) is 23.6. The topological polar surface area (TPSA) is 95.9 Å². The molecule has 8 heteroatoms. The minimum absolute atomic E-state index is 0.153. The zero-order valence-electron chi connectivity index (χ0n) is 16.0. The Kier molecular flexibility index (Phi) is 11.3. The molecule has 146 valence electrons. The maximum Gasteiger partial charge on any atom is 0.408 e. The van der Waals surface area contributed by atoms with Gasteiger partial charge < -0.3 is 20.1 Å². The van der Waals surface area contributed by atoms with E-state index >= 15 is 0 Å². The lowest BCUT2D eigenvalue weighted by molar-refractivity contribution is -0.139. The molecule has 0 aromatic carbocycles. The number of ether oxygens (including phenoxy) is 1. The second-order valence-electron chi connectivity index (χ2n) is 6.61. The van der Waals surface area contributed by atoms with E-state index in [0.29, 0.717) is 18.6 Å². The lowest BCUT2D eigenvalue weighted by Crippen LogP contribution is -2.43. The molecule has 0 aliphatic heterocycles. The minimum Gasteiger partial charge on any atom is -0.480 e. The van der Waals surface area contributed by atoms with Crippen LogP contribution in [-0.4, -0.2) is 64.2 Å². The van der Waals surface area contributed by atoms with Gasteiger partial charge in [0.25, 0.3) is 0 Å². The van der Waals surface area contributed by atoms with Crippen LogP contribution in [0.2, 0.25) is 0 Å². The summed E-state index contributed by atoms with van der Waals surface area (Å²) in [4.78, 5) is 36.5. The number of carboxylic acids is 1. The Morgan fingerprint density at radius 2 is 1.76 bits per heavy atom. The number of rotatable bonds is 11. The second-order valence-corrected chi connectivity index (χ2v) is 7.83. The van der Waals surface area contributed by atoms with Crippen molar-refractivity contribution in [2.45, 2.75) is 65.5 Å². The van der Waals surface area contributed by atoms with Crippen LogP contribution in [0, 0.1) is 0 Å². The number of carboxylic acid groups (broad SMARTS) is 1. The molecule has 0 radical (unpaired) electrons. The Morgan fingerprint density at radius 1 is 1.16 bits per heavy atom. The molecule has 0 heterocycles. The first-order valence-electron chi connectivity index (χ1n) is 8.68. The molecule has 0 aliphatic carbocycles. The fraction of sp³-hybridized carbons (Fsp3) is 0.824. The van der Waals surface area contributed by atoms with Crippen LogP contribution in [0.15, 0.2) is 0 Å². The van der Waals surface area contributed by atoms with E-state index in [1.165, 1.54) is 0 Å². The average Bonchev–Trinajstić information content (AvgIpc) is 2.48. The minimum atomic E-state index is -1.08. The molecular formula is C17H32N2O5S. The van der Waals surface area contributed by atoms with Crippen LogP contribution in [0.4, 0.5) is 4.79 Å². The smallest absolute Gasteiger partial charge is 0.408 e. The molecule has 0 aromatic heterocycles. The van der Waals surface area contributed by atoms with Crippen LogP contribution in [0.3, 0.4) is 0 Å². The first-order valence-corrected chi connectivity index (χ1v) is 9.84. The predicted molar refractivity (Wildman–Crippen MR) is 99.9 cm³/mol. The van der Waals surface area contributed by atoms with Crippen molar-refractivity contribution in [2.24, 2.45) is 0 Å². The van der Waals surface area contributed by atoms with Gasteiger partial charge in [0.1, 0.15) is 11.6 Å². The van der Waals surface area contributed by atoms with E-state index in [0.717, 1.165) is 25.3 Å². The first-order chi connectivity index (χ1) is 11.6. The molecule has 2 amide bonds. The highest BCUT2D eigenvalue weighted by atomic mass is 32.2. The number of amides is 2. The van der Waals surface area contributed by atoms with Crippen molar-refractivity contribution < 1.29 is 24.2 Å². The fourth-order valence-corrected chi connectivity index (χ4v) is 3.03. The zero-order chi connectivity index (χ0) is 19.5. The summed E-state index contributed by atoms with van der Waals surface area (Å²) >= 11 is 1.58. The fourth-order valence-electron chi connectivity index (χ4n) is 2.07. The van der Waals surface area contributed by atoms with Gasteiger partial charge in [-0.25, -0.2) is 9.59 Å². The van der Waals surface area contributed by atoms with Gasteiger partial charge >= 0.3 is 12.1 Å². The van der Waals surface area contributed by atoms with Gasteiger partial charge in [-0.05, 0) is 59.0 Å². The van der Waals surface area contributed by atoms with E-state index < -0.39 is 23.7 Å². The van der Waals surface area contributed by atoms with E-state index in [2.05, 4.69) is 5.32 Å². The third-order valence-electron chi connectivity index (χ3n) is 3.34. The van der Waals surface area contributed by atoms with E-state index in [1.54, 1.807) is 37.4 Å². The van der Waals surface area contributed by atoms with E-state index in [-0.39, 0.29) is 5.91 Å². The van der Waals surface area contributed by atoms with Gasteiger partial charge in [0.15, 0.2) is 0 Å². The van der Waals surface area contributed by atoms with Crippen LogP contribution in [0.25, 0.3) is 0 Å². The van der Waals surface area contributed by atoms with Crippen LogP contribution in [0.1, 0.15) is 53.9 Å². The SMILES string of the molecule is CCN(CC)C(=O)CCCSCCC(NC(=O)OC(C)(C)C)C(=O)O. The van der Waals surface area contributed by atoms with Crippen molar-refractivity contribution in [2.75, 3.05) is 24.6 Å². The van der Waals surface area contributed by atoms with E-state index in [1.807, 2.05) is 13.8 Å². The van der Waals surface area contributed by atoms with E-state index in [9.17, 15) is 19.5 Å². The molecule has 0 saturated heterocycles. The molecule has 0 aliphatic rings. The Morgan fingerprint density at radius 3 is 2.24 bits per heavy atom. The summed E-state index contributed by atoms with van der Waals surface area (Å²) in [5.41, 5.74) is -0.667. The predicted octanol–water partition coefficient (Wildman–Crippen LogP) is 2.74. The van der Waals surface area contributed by atoms with Gasteiger partial charge in [0.05, 0.1) is 0 Å². The molecule has 0 bridgehead atoms. The van der Waals surface area contributed by atoms with Gasteiger partial charge in [-0.3, -0.25) is 4.79 Å². The second kappa shape index (κ2) is 12.0. The van der Waals surface area contributed by atoms with Gasteiger partial charge in [-0.1, -0.05) is 0 Å². The normalized spacial score (nSPS) is 12.4. The molecule has 25 heavy (non-hydrogen) atoms. The monoisotopic (exact) mass is 376 g/mol. The third kappa shape index (κ3) is 11.7. The van der Waals surface area contributed by atoms with Crippen molar-refractivity contribution in [3.05, 3.63) is 0 Å². The van der Waals surface area contributed by atoms with Crippen molar-refractivity contribution in [1.82, 2.24) is 10.2 Å². The molecule has 0 aromatic rings. The standard InChI is InChI=1S/C17H32N2O5S/c1-6-19(7-2)14(20)9-8-11-25-12-10-13(15(21)22)18-16(23)24-17(3,4)5/h13H,6-12H2,1-5H3,(H,18,23)(H,21,22). The van der Waals surface area contributed by atoms with Gasteiger partial charge in [0, 0.05) is 19.5 Å². The molecule has 0 saturated carbocycles. The molecule has 0 rings (SSSR count). The molecule has 0 fully saturated rings. The van der Waals surface area contributed by atoms with Crippen molar-refractivity contribution >= 4 is 29.7 Å². The summed E-state index contributed by atoms with van der Waals surface area (Å²) in [6.07, 6.45) is 0.850. The Bertz CT molecular complexity index is 433. The zero-order valence-corrected chi connectivity index (χ0v) is 16.8. The molecule has 7 nitrogen and oxygen atoms in total. The van der Waals surface area contributed by atoms with Crippen LogP contribution in [0.5, 0.6) is 0 Å². The van der Waals surface area contributed by atoms with Gasteiger partial charge in [0.2, 0.25) is 5.91 Å². The highest BCUT2D eigenvalue weighted by Gasteiger charge is 2.23. The van der Waals surface area contributed by atoms with Gasteiger partial charge in [-0.15, -0.1) is 0 Å². The van der Waals surface area contributed by atoms with Crippen LogP contribution >= 0.6 is 11.8 Å². The maximum atomic E-state index is 11.8. The molecule has 2 N–H and O–H groups in total. The summed E-state index contributed by atoms with van der Waals surface area (Å²) < 4.78 is 5.07. The molecule has 0 spiro atoms.